The highest BCUT2D eigenvalue weighted by atomic mass is 127. The summed E-state index contributed by atoms with van der Waals surface area (Å²) in [6, 6.07) is 1.96. The van der Waals surface area contributed by atoms with Gasteiger partial charge in [0, 0.05) is 13.0 Å². The molecule has 1 N–H and O–H groups in total. The number of rotatable bonds is 6. The molecule has 5 nitrogen and oxygen atoms in total. The maximum Gasteiger partial charge on any atom is 0.306 e. The standard InChI is InChI=1S/C14H14F2IN3O2S/c1-22-10(21)5-13(6-14(13,15)16)2-3-18-11-8-4-9(17)23-12(8)20-7-19-11/h4,7H,2-3,5-6H2,1H3,(H,18,19,20). The molecule has 1 aliphatic rings. The molecule has 0 radical (unpaired) electrons. The molecule has 1 atom stereocenters. The molecule has 1 unspecified atom stereocenters. The quantitative estimate of drug-likeness (QED) is 0.534. The van der Waals surface area contributed by atoms with Gasteiger partial charge in [-0.25, -0.2) is 18.7 Å². The van der Waals surface area contributed by atoms with E-state index in [0.29, 0.717) is 12.4 Å². The van der Waals surface area contributed by atoms with Gasteiger partial charge in [-0.1, -0.05) is 0 Å². The number of fused-ring (bicyclic) bond motifs is 1. The summed E-state index contributed by atoms with van der Waals surface area (Å²) in [5.74, 6) is -2.77. The van der Waals surface area contributed by atoms with Crippen LogP contribution < -0.4 is 5.32 Å². The van der Waals surface area contributed by atoms with Crippen LogP contribution in [0.25, 0.3) is 10.2 Å². The van der Waals surface area contributed by atoms with Gasteiger partial charge in [0.2, 0.25) is 0 Å². The van der Waals surface area contributed by atoms with Gasteiger partial charge in [0.15, 0.2) is 0 Å². The number of nitrogens with one attached hydrogen (secondary N) is 1. The fourth-order valence-corrected chi connectivity index (χ4v) is 4.33. The Balaban J connectivity index is 1.67. The van der Waals surface area contributed by atoms with Crippen LogP contribution in [0, 0.1) is 8.30 Å². The Morgan fingerprint density at radius 2 is 2.26 bits per heavy atom. The summed E-state index contributed by atoms with van der Waals surface area (Å²) in [6.07, 6.45) is 1.11. The van der Waals surface area contributed by atoms with Crippen LogP contribution in [0.1, 0.15) is 19.3 Å². The third-order valence-electron chi connectivity index (χ3n) is 4.12. The molecule has 124 valence electrons. The molecular formula is C14H14F2IN3O2S. The number of nitrogens with zero attached hydrogens (tertiary/aromatic N) is 2. The topological polar surface area (TPSA) is 64.1 Å². The maximum atomic E-state index is 13.7. The normalized spacial score (nSPS) is 22.1. The summed E-state index contributed by atoms with van der Waals surface area (Å²) in [7, 11) is 1.21. The van der Waals surface area contributed by atoms with Crippen molar-refractivity contribution in [1.82, 2.24) is 9.97 Å². The van der Waals surface area contributed by atoms with E-state index in [2.05, 4.69) is 42.6 Å². The Morgan fingerprint density at radius 3 is 2.91 bits per heavy atom. The molecule has 1 aliphatic carbocycles. The molecule has 0 bridgehead atoms. The molecule has 0 spiro atoms. The Kier molecular flexibility index (Phi) is 4.43. The monoisotopic (exact) mass is 453 g/mol. The predicted molar refractivity (Wildman–Crippen MR) is 91.9 cm³/mol. The number of halogens is 3. The molecule has 9 heteroatoms. The van der Waals surface area contributed by atoms with Gasteiger partial charge >= 0.3 is 5.97 Å². The first-order chi connectivity index (χ1) is 10.9. The minimum Gasteiger partial charge on any atom is -0.469 e. The Bertz CT molecular complexity index is 755. The van der Waals surface area contributed by atoms with E-state index in [9.17, 15) is 13.6 Å². The molecule has 0 saturated heterocycles. The van der Waals surface area contributed by atoms with Crippen molar-refractivity contribution in [2.24, 2.45) is 5.41 Å². The van der Waals surface area contributed by atoms with Crippen LogP contribution in [-0.2, 0) is 9.53 Å². The SMILES string of the molecule is COC(=O)CC1(CCNc2ncnc3sc(I)cc23)CC1(F)F. The maximum absolute atomic E-state index is 13.7. The zero-order valence-electron chi connectivity index (χ0n) is 12.2. The first kappa shape index (κ1) is 16.7. The number of thiophene rings is 1. The zero-order valence-corrected chi connectivity index (χ0v) is 15.2. The number of hydrogen-bond donors (Lipinski definition) is 1. The molecule has 2 aromatic heterocycles. The predicted octanol–water partition coefficient (Wildman–Crippen LogP) is 3.69. The second kappa shape index (κ2) is 6.08. The molecule has 1 saturated carbocycles. The van der Waals surface area contributed by atoms with Crippen LogP contribution in [0.15, 0.2) is 12.4 Å². The van der Waals surface area contributed by atoms with E-state index >= 15 is 0 Å². The molecule has 0 aromatic carbocycles. The van der Waals surface area contributed by atoms with E-state index in [1.807, 2.05) is 6.07 Å². The van der Waals surface area contributed by atoms with Crippen molar-refractivity contribution in [2.75, 3.05) is 19.0 Å². The number of hydrogen-bond acceptors (Lipinski definition) is 6. The lowest BCUT2D eigenvalue weighted by Gasteiger charge is -2.15. The lowest BCUT2D eigenvalue weighted by molar-refractivity contribution is -0.143. The number of methoxy groups -OCH3 is 1. The number of esters is 1. The number of anilines is 1. The molecular weight excluding hydrogens is 439 g/mol. The first-order valence-corrected chi connectivity index (χ1v) is 8.85. The van der Waals surface area contributed by atoms with E-state index in [0.717, 1.165) is 13.1 Å². The molecule has 2 aromatic rings. The van der Waals surface area contributed by atoms with E-state index in [1.54, 1.807) is 11.3 Å². The number of aromatic nitrogens is 2. The highest BCUT2D eigenvalue weighted by molar-refractivity contribution is 14.1. The Morgan fingerprint density at radius 1 is 1.52 bits per heavy atom. The van der Waals surface area contributed by atoms with Crippen molar-refractivity contribution in [1.29, 1.82) is 0 Å². The number of ether oxygens (including phenoxy) is 1. The van der Waals surface area contributed by atoms with Crippen LogP contribution in [0.3, 0.4) is 0 Å². The smallest absolute Gasteiger partial charge is 0.306 e. The molecule has 3 rings (SSSR count). The minimum absolute atomic E-state index is 0.182. The lowest BCUT2D eigenvalue weighted by Crippen LogP contribution is -2.21. The molecule has 2 heterocycles. The second-order valence-electron chi connectivity index (χ2n) is 5.58. The molecule has 0 aliphatic heterocycles. The van der Waals surface area contributed by atoms with Crippen LogP contribution in [-0.4, -0.2) is 35.5 Å². The number of alkyl halides is 2. The summed E-state index contributed by atoms with van der Waals surface area (Å²) in [5.41, 5.74) is -1.29. The first-order valence-electron chi connectivity index (χ1n) is 6.95. The molecule has 1 fully saturated rings. The van der Waals surface area contributed by atoms with E-state index < -0.39 is 17.3 Å². The zero-order chi connectivity index (χ0) is 16.7. The molecule has 23 heavy (non-hydrogen) atoms. The van der Waals surface area contributed by atoms with Gasteiger partial charge in [0.25, 0.3) is 5.92 Å². The van der Waals surface area contributed by atoms with E-state index in [-0.39, 0.29) is 19.3 Å². The van der Waals surface area contributed by atoms with Gasteiger partial charge in [-0.05, 0) is 35.1 Å². The lowest BCUT2D eigenvalue weighted by atomic mass is 9.97. The summed E-state index contributed by atoms with van der Waals surface area (Å²) in [4.78, 5) is 20.6. The van der Waals surface area contributed by atoms with Crippen LogP contribution in [0.5, 0.6) is 0 Å². The van der Waals surface area contributed by atoms with Crippen molar-refractivity contribution in [3.8, 4) is 0 Å². The number of carbonyl (C=O) groups is 1. The highest BCUT2D eigenvalue weighted by Crippen LogP contribution is 2.64. The fraction of sp³-hybridized carbons (Fsp3) is 0.500. The Labute approximate surface area is 149 Å². The van der Waals surface area contributed by atoms with Crippen molar-refractivity contribution in [2.45, 2.75) is 25.2 Å². The molecule has 0 amide bonds. The summed E-state index contributed by atoms with van der Waals surface area (Å²) in [5, 5.41) is 3.97. The van der Waals surface area contributed by atoms with E-state index in [4.69, 9.17) is 0 Å². The fourth-order valence-electron chi connectivity index (χ4n) is 2.67. The van der Waals surface area contributed by atoms with Crippen molar-refractivity contribution < 1.29 is 18.3 Å². The Hall–Kier alpha value is -1.10. The second-order valence-corrected chi connectivity index (χ2v) is 8.51. The van der Waals surface area contributed by atoms with Gasteiger partial charge in [0.1, 0.15) is 17.0 Å². The minimum atomic E-state index is -2.80. The largest absolute Gasteiger partial charge is 0.469 e. The average Bonchev–Trinajstić information content (AvgIpc) is 2.82. The van der Waals surface area contributed by atoms with Gasteiger partial charge in [-0.3, -0.25) is 4.79 Å². The summed E-state index contributed by atoms with van der Waals surface area (Å²) in [6.45, 7) is 0.311. The number of carbonyl (C=O) groups excluding carboxylic acids is 1. The highest BCUT2D eigenvalue weighted by Gasteiger charge is 2.70. The van der Waals surface area contributed by atoms with E-state index in [1.165, 1.54) is 13.4 Å². The van der Waals surface area contributed by atoms with Crippen LogP contribution in [0.4, 0.5) is 14.6 Å². The van der Waals surface area contributed by atoms with Crippen molar-refractivity contribution >= 4 is 55.9 Å². The third kappa shape index (κ3) is 3.25. The van der Waals surface area contributed by atoms with Gasteiger partial charge in [-0.2, -0.15) is 0 Å². The van der Waals surface area contributed by atoms with Crippen LogP contribution in [0.2, 0.25) is 0 Å². The van der Waals surface area contributed by atoms with Gasteiger partial charge in [0.05, 0.1) is 27.2 Å². The third-order valence-corrected chi connectivity index (χ3v) is 5.92. The van der Waals surface area contributed by atoms with Crippen molar-refractivity contribution in [3.63, 3.8) is 0 Å². The van der Waals surface area contributed by atoms with Gasteiger partial charge < -0.3 is 10.1 Å². The summed E-state index contributed by atoms with van der Waals surface area (Å²) < 4.78 is 33.0. The van der Waals surface area contributed by atoms with Crippen molar-refractivity contribution in [3.05, 3.63) is 15.3 Å². The van der Waals surface area contributed by atoms with Gasteiger partial charge in [-0.15, -0.1) is 11.3 Å². The summed E-state index contributed by atoms with van der Waals surface area (Å²) >= 11 is 3.75. The van der Waals surface area contributed by atoms with Crippen LogP contribution >= 0.6 is 33.9 Å². The average molecular weight is 453 g/mol.